The van der Waals surface area contributed by atoms with Crippen molar-refractivity contribution in [2.45, 2.75) is 18.9 Å². The number of carbonyl (C=O) groups is 3. The fourth-order valence-electron chi connectivity index (χ4n) is 4.36. The molecular formula is C24H25N3O5. The van der Waals surface area contributed by atoms with Crippen LogP contribution in [0.25, 0.3) is 0 Å². The number of amides is 3. The summed E-state index contributed by atoms with van der Waals surface area (Å²) < 4.78 is 11.5. The van der Waals surface area contributed by atoms with Crippen molar-refractivity contribution < 1.29 is 23.9 Å². The molecule has 0 unspecified atom stereocenters. The van der Waals surface area contributed by atoms with E-state index in [1.165, 1.54) is 0 Å². The lowest BCUT2D eigenvalue weighted by atomic mass is 10.1. The van der Waals surface area contributed by atoms with Crippen LogP contribution in [0.1, 0.15) is 23.2 Å². The summed E-state index contributed by atoms with van der Waals surface area (Å²) in [6.07, 6.45) is 0.773. The van der Waals surface area contributed by atoms with Gasteiger partial charge in [-0.15, -0.1) is 0 Å². The monoisotopic (exact) mass is 435 g/mol. The summed E-state index contributed by atoms with van der Waals surface area (Å²) in [5, 5.41) is 0. The van der Waals surface area contributed by atoms with E-state index in [0.29, 0.717) is 49.7 Å². The predicted octanol–water partition coefficient (Wildman–Crippen LogP) is 1.94. The van der Waals surface area contributed by atoms with E-state index in [9.17, 15) is 14.4 Å². The van der Waals surface area contributed by atoms with Crippen molar-refractivity contribution in [3.05, 3.63) is 54.1 Å². The second kappa shape index (κ2) is 8.53. The van der Waals surface area contributed by atoms with E-state index in [-0.39, 0.29) is 24.3 Å². The Hall–Kier alpha value is -3.55. The Morgan fingerprint density at radius 1 is 0.844 bits per heavy atom. The van der Waals surface area contributed by atoms with E-state index in [1.54, 1.807) is 32.9 Å². The lowest BCUT2D eigenvalue weighted by Gasteiger charge is -2.37. The van der Waals surface area contributed by atoms with Gasteiger partial charge in [-0.1, -0.05) is 12.1 Å². The van der Waals surface area contributed by atoms with E-state index >= 15 is 0 Å². The molecule has 0 N–H and O–H groups in total. The van der Waals surface area contributed by atoms with Crippen LogP contribution in [-0.4, -0.2) is 73.0 Å². The topological polar surface area (TPSA) is 79.4 Å². The van der Waals surface area contributed by atoms with Crippen LogP contribution in [0.4, 0.5) is 5.69 Å². The molecule has 0 bridgehead atoms. The average Bonchev–Trinajstić information content (AvgIpc) is 3.29. The molecule has 3 aliphatic rings. The summed E-state index contributed by atoms with van der Waals surface area (Å²) in [5.74, 6) is 1.16. The summed E-state index contributed by atoms with van der Waals surface area (Å²) in [4.78, 5) is 42.9. The maximum atomic E-state index is 12.9. The molecule has 32 heavy (non-hydrogen) atoms. The van der Waals surface area contributed by atoms with E-state index < -0.39 is 6.10 Å². The van der Waals surface area contributed by atoms with Crippen LogP contribution in [-0.2, 0) is 9.59 Å². The van der Waals surface area contributed by atoms with Crippen molar-refractivity contribution in [1.82, 2.24) is 9.80 Å². The third kappa shape index (κ3) is 3.88. The van der Waals surface area contributed by atoms with Crippen LogP contribution in [0.15, 0.2) is 48.5 Å². The Labute approximate surface area is 186 Å². The first-order valence-electron chi connectivity index (χ1n) is 11.0. The third-order valence-corrected chi connectivity index (χ3v) is 6.16. The van der Waals surface area contributed by atoms with E-state index in [0.717, 1.165) is 18.7 Å². The summed E-state index contributed by atoms with van der Waals surface area (Å²) in [7, 11) is 0. The number of carbonyl (C=O) groups excluding carboxylic acids is 3. The van der Waals surface area contributed by atoms with Crippen LogP contribution in [0.3, 0.4) is 0 Å². The van der Waals surface area contributed by atoms with Gasteiger partial charge in [0, 0.05) is 50.4 Å². The SMILES string of the molecule is O=C(c1ccc(N2CCCC2=O)cc1)N1CCN(C(=O)[C@@H]2COc3ccccc3O2)CC1. The molecule has 2 aromatic carbocycles. The molecule has 0 saturated carbocycles. The highest BCUT2D eigenvalue weighted by Crippen LogP contribution is 2.31. The molecule has 3 amide bonds. The molecule has 2 aromatic rings. The van der Waals surface area contributed by atoms with Crippen LogP contribution in [0.2, 0.25) is 0 Å². The van der Waals surface area contributed by atoms with Gasteiger partial charge in [0.25, 0.3) is 11.8 Å². The molecule has 3 aliphatic heterocycles. The van der Waals surface area contributed by atoms with E-state index in [2.05, 4.69) is 0 Å². The molecule has 0 aliphatic carbocycles. The smallest absolute Gasteiger partial charge is 0.267 e. The van der Waals surface area contributed by atoms with E-state index in [4.69, 9.17) is 9.47 Å². The highest BCUT2D eigenvalue weighted by molar-refractivity contribution is 5.97. The van der Waals surface area contributed by atoms with Crippen molar-refractivity contribution in [3.8, 4) is 11.5 Å². The lowest BCUT2D eigenvalue weighted by molar-refractivity contribution is -0.142. The van der Waals surface area contributed by atoms with Gasteiger partial charge >= 0.3 is 0 Å². The van der Waals surface area contributed by atoms with Crippen molar-refractivity contribution in [2.75, 3.05) is 44.2 Å². The molecule has 3 heterocycles. The number of nitrogens with zero attached hydrogens (tertiary/aromatic N) is 3. The molecular weight excluding hydrogens is 410 g/mol. The summed E-state index contributed by atoms with van der Waals surface area (Å²) in [6.45, 7) is 2.73. The molecule has 0 aromatic heterocycles. The summed E-state index contributed by atoms with van der Waals surface area (Å²) >= 11 is 0. The molecule has 8 heteroatoms. The Morgan fingerprint density at radius 3 is 2.22 bits per heavy atom. The van der Waals surface area contributed by atoms with Gasteiger partial charge in [-0.05, 0) is 42.8 Å². The molecule has 2 saturated heterocycles. The Kier molecular flexibility index (Phi) is 5.43. The fraction of sp³-hybridized carbons (Fsp3) is 0.375. The lowest BCUT2D eigenvalue weighted by Crippen LogP contribution is -2.55. The van der Waals surface area contributed by atoms with Gasteiger partial charge in [0.1, 0.15) is 6.61 Å². The molecule has 0 spiro atoms. The van der Waals surface area contributed by atoms with E-state index in [1.807, 2.05) is 30.3 Å². The number of piperazine rings is 1. The molecule has 8 nitrogen and oxygen atoms in total. The second-order valence-electron chi connectivity index (χ2n) is 8.18. The summed E-state index contributed by atoms with van der Waals surface area (Å²) in [5.41, 5.74) is 1.41. The average molecular weight is 435 g/mol. The van der Waals surface area contributed by atoms with Gasteiger partial charge in [0.05, 0.1) is 0 Å². The van der Waals surface area contributed by atoms with Crippen molar-refractivity contribution in [3.63, 3.8) is 0 Å². The number of hydrogen-bond donors (Lipinski definition) is 0. The second-order valence-corrected chi connectivity index (χ2v) is 8.18. The van der Waals surface area contributed by atoms with Gasteiger partial charge in [-0.2, -0.15) is 0 Å². The zero-order valence-corrected chi connectivity index (χ0v) is 17.7. The zero-order valence-electron chi connectivity index (χ0n) is 17.7. The maximum absolute atomic E-state index is 12.9. The van der Waals surface area contributed by atoms with Crippen molar-refractivity contribution in [2.24, 2.45) is 0 Å². The predicted molar refractivity (Wildman–Crippen MR) is 117 cm³/mol. The highest BCUT2D eigenvalue weighted by Gasteiger charge is 2.33. The fourth-order valence-corrected chi connectivity index (χ4v) is 4.36. The number of para-hydroxylation sites is 2. The number of benzene rings is 2. The number of anilines is 1. The van der Waals surface area contributed by atoms with Crippen molar-refractivity contribution in [1.29, 1.82) is 0 Å². The minimum atomic E-state index is -0.673. The summed E-state index contributed by atoms with van der Waals surface area (Å²) in [6, 6.07) is 14.5. The van der Waals surface area contributed by atoms with Crippen LogP contribution in [0, 0.1) is 0 Å². The van der Waals surface area contributed by atoms with Gasteiger partial charge in [0.2, 0.25) is 12.0 Å². The molecule has 0 radical (unpaired) electrons. The first-order chi connectivity index (χ1) is 15.6. The normalized spacial score (nSPS) is 20.4. The quantitative estimate of drug-likeness (QED) is 0.736. The van der Waals surface area contributed by atoms with Crippen LogP contribution < -0.4 is 14.4 Å². The molecule has 166 valence electrons. The highest BCUT2D eigenvalue weighted by atomic mass is 16.6. The minimum Gasteiger partial charge on any atom is -0.485 e. The number of ether oxygens (including phenoxy) is 2. The third-order valence-electron chi connectivity index (χ3n) is 6.16. The zero-order chi connectivity index (χ0) is 22.1. The Morgan fingerprint density at radius 2 is 1.53 bits per heavy atom. The van der Waals surface area contributed by atoms with Gasteiger partial charge in [-0.25, -0.2) is 0 Å². The first-order valence-corrected chi connectivity index (χ1v) is 11.0. The standard InChI is InChI=1S/C24H25N3O5/c28-22-6-3-11-27(22)18-9-7-17(8-10-18)23(29)25-12-14-26(15-13-25)24(30)21-16-31-19-4-1-2-5-20(19)32-21/h1-2,4-5,7-10,21H,3,6,11-16H2/t21-/m0/s1. The van der Waals surface area contributed by atoms with Crippen LogP contribution in [0.5, 0.6) is 11.5 Å². The van der Waals surface area contributed by atoms with Crippen molar-refractivity contribution >= 4 is 23.4 Å². The molecule has 2 fully saturated rings. The Bertz CT molecular complexity index is 1030. The number of rotatable bonds is 3. The van der Waals surface area contributed by atoms with Gasteiger partial charge in [0.15, 0.2) is 11.5 Å². The van der Waals surface area contributed by atoms with Gasteiger partial charge < -0.3 is 24.2 Å². The largest absolute Gasteiger partial charge is 0.485 e. The Balaban J connectivity index is 1.16. The molecule has 5 rings (SSSR count). The maximum Gasteiger partial charge on any atom is 0.267 e. The van der Waals surface area contributed by atoms with Crippen LogP contribution >= 0.6 is 0 Å². The first kappa shape index (κ1) is 20.4. The minimum absolute atomic E-state index is 0.0671. The molecule has 1 atom stereocenters. The number of hydrogen-bond acceptors (Lipinski definition) is 5. The number of fused-ring (bicyclic) bond motifs is 1. The van der Waals surface area contributed by atoms with Gasteiger partial charge in [-0.3, -0.25) is 14.4 Å².